The minimum Gasteiger partial charge on any atom is -0.496 e. The number of carbonyl (C=O) groups excluding carboxylic acids is 1. The topological polar surface area (TPSA) is 59.6 Å². The van der Waals surface area contributed by atoms with E-state index in [-0.39, 0.29) is 12.5 Å². The van der Waals surface area contributed by atoms with Gasteiger partial charge in [0.2, 0.25) is 0 Å². The quantitative estimate of drug-likeness (QED) is 0.764. The van der Waals surface area contributed by atoms with Gasteiger partial charge in [-0.2, -0.15) is 0 Å². The van der Waals surface area contributed by atoms with Crippen LogP contribution in [0.2, 0.25) is 0 Å². The van der Waals surface area contributed by atoms with Crippen LogP contribution in [-0.2, 0) is 16.1 Å². The van der Waals surface area contributed by atoms with Gasteiger partial charge in [-0.15, -0.1) is 0 Å². The van der Waals surface area contributed by atoms with Crippen molar-refractivity contribution in [2.75, 3.05) is 20.8 Å². The number of amides is 1. The first kappa shape index (κ1) is 15.5. The van der Waals surface area contributed by atoms with E-state index in [1.165, 1.54) is 0 Å². The summed E-state index contributed by atoms with van der Waals surface area (Å²) in [5.41, 5.74) is 9.48. The van der Waals surface area contributed by atoms with E-state index >= 15 is 0 Å². The second kappa shape index (κ2) is 7.11. The summed E-state index contributed by atoms with van der Waals surface area (Å²) >= 11 is 0. The maximum absolute atomic E-state index is 11.3. The summed E-state index contributed by atoms with van der Waals surface area (Å²) in [5, 5.41) is 0. The third kappa shape index (κ3) is 3.94. The zero-order chi connectivity index (χ0) is 14.4. The predicted molar refractivity (Wildman–Crippen MR) is 74.1 cm³/mol. The summed E-state index contributed by atoms with van der Waals surface area (Å²) in [6.07, 6.45) is 0. The van der Waals surface area contributed by atoms with E-state index in [1.807, 2.05) is 26.8 Å². The molecule has 0 saturated heterocycles. The normalized spacial score (nSPS) is 10.4. The van der Waals surface area contributed by atoms with Gasteiger partial charge in [0.1, 0.15) is 12.4 Å². The van der Waals surface area contributed by atoms with Gasteiger partial charge in [0, 0.05) is 7.05 Å². The number of carbonyl (C=O) groups is 1. The first-order chi connectivity index (χ1) is 9.01. The number of hydrogen-bond acceptors (Lipinski definition) is 4. The monoisotopic (exact) mass is 266 g/mol. The number of nitrogens with one attached hydrogen (secondary N) is 2. The van der Waals surface area contributed by atoms with Crippen LogP contribution in [0.1, 0.15) is 22.3 Å². The van der Waals surface area contributed by atoms with Crippen molar-refractivity contribution < 1.29 is 14.3 Å². The van der Waals surface area contributed by atoms with Crippen LogP contribution in [0.4, 0.5) is 0 Å². The molecule has 0 aliphatic heterocycles. The fraction of sp³-hybridized carbons (Fsp3) is 0.500. The minimum atomic E-state index is -0.192. The highest BCUT2D eigenvalue weighted by Crippen LogP contribution is 2.27. The molecule has 0 spiro atoms. The first-order valence-corrected chi connectivity index (χ1v) is 6.18. The molecule has 19 heavy (non-hydrogen) atoms. The second-order valence-electron chi connectivity index (χ2n) is 4.42. The van der Waals surface area contributed by atoms with Crippen molar-refractivity contribution in [1.29, 1.82) is 0 Å². The number of hydrogen-bond donors (Lipinski definition) is 2. The van der Waals surface area contributed by atoms with Gasteiger partial charge in [0.05, 0.1) is 13.7 Å². The predicted octanol–water partition coefficient (Wildman–Crippen LogP) is 1.39. The average Bonchev–Trinajstić information content (AvgIpc) is 2.38. The molecule has 106 valence electrons. The van der Waals surface area contributed by atoms with Crippen LogP contribution in [0.15, 0.2) is 6.07 Å². The lowest BCUT2D eigenvalue weighted by Gasteiger charge is -2.16. The molecule has 2 N–H and O–H groups in total. The van der Waals surface area contributed by atoms with E-state index in [0.29, 0.717) is 6.61 Å². The second-order valence-corrected chi connectivity index (χ2v) is 4.42. The molecule has 5 nitrogen and oxygen atoms in total. The highest BCUT2D eigenvalue weighted by Gasteiger charge is 2.11. The Hall–Kier alpha value is -1.59. The van der Waals surface area contributed by atoms with Crippen molar-refractivity contribution in [1.82, 2.24) is 10.9 Å². The minimum absolute atomic E-state index is 0.0325. The van der Waals surface area contributed by atoms with E-state index in [0.717, 1.165) is 28.0 Å². The van der Waals surface area contributed by atoms with Crippen LogP contribution < -0.4 is 15.6 Å². The number of rotatable bonds is 6. The Bertz CT molecular complexity index is 458. The summed E-state index contributed by atoms with van der Waals surface area (Å²) in [6, 6.07) is 1.99. The molecule has 0 aromatic heterocycles. The van der Waals surface area contributed by atoms with E-state index in [4.69, 9.17) is 9.47 Å². The Labute approximate surface area is 114 Å². The molecular weight excluding hydrogens is 244 g/mol. The number of aryl methyl sites for hydroxylation is 1. The van der Waals surface area contributed by atoms with Gasteiger partial charge >= 0.3 is 0 Å². The fourth-order valence-corrected chi connectivity index (χ4v) is 1.95. The molecule has 0 saturated carbocycles. The molecule has 0 unspecified atom stereocenters. The van der Waals surface area contributed by atoms with E-state index < -0.39 is 0 Å². The lowest BCUT2D eigenvalue weighted by atomic mass is 9.98. The Morgan fingerprint density at radius 3 is 2.53 bits per heavy atom. The lowest BCUT2D eigenvalue weighted by molar-refractivity contribution is -0.126. The highest BCUT2D eigenvalue weighted by molar-refractivity contribution is 5.76. The summed E-state index contributed by atoms with van der Waals surface area (Å²) in [7, 11) is 3.30. The molecule has 0 aliphatic rings. The molecule has 1 rings (SSSR count). The lowest BCUT2D eigenvalue weighted by Crippen LogP contribution is -2.36. The maximum Gasteiger partial charge on any atom is 0.260 e. The fourth-order valence-electron chi connectivity index (χ4n) is 1.95. The molecule has 0 fully saturated rings. The molecule has 1 aromatic carbocycles. The molecule has 0 aliphatic carbocycles. The smallest absolute Gasteiger partial charge is 0.260 e. The van der Waals surface area contributed by atoms with Crippen LogP contribution in [0, 0.1) is 20.8 Å². The number of hydrazine groups is 1. The van der Waals surface area contributed by atoms with Crippen molar-refractivity contribution in [3.8, 4) is 5.75 Å². The summed E-state index contributed by atoms with van der Waals surface area (Å²) in [6.45, 7) is 6.52. The van der Waals surface area contributed by atoms with Crippen molar-refractivity contribution in [3.63, 3.8) is 0 Å². The highest BCUT2D eigenvalue weighted by atomic mass is 16.5. The van der Waals surface area contributed by atoms with Crippen LogP contribution in [-0.4, -0.2) is 26.7 Å². The Morgan fingerprint density at radius 1 is 1.26 bits per heavy atom. The summed E-state index contributed by atoms with van der Waals surface area (Å²) in [5.74, 6) is 0.690. The summed E-state index contributed by atoms with van der Waals surface area (Å²) in [4.78, 5) is 11.3. The number of benzene rings is 1. The molecule has 1 aromatic rings. The van der Waals surface area contributed by atoms with E-state index in [9.17, 15) is 4.79 Å². The van der Waals surface area contributed by atoms with Crippen molar-refractivity contribution in [2.24, 2.45) is 0 Å². The molecule has 0 heterocycles. The molecule has 0 atom stereocenters. The van der Waals surface area contributed by atoms with Gasteiger partial charge in [0.15, 0.2) is 0 Å². The maximum atomic E-state index is 11.3. The Kier molecular flexibility index (Phi) is 5.79. The van der Waals surface area contributed by atoms with Gasteiger partial charge < -0.3 is 9.47 Å². The van der Waals surface area contributed by atoms with Gasteiger partial charge in [-0.05, 0) is 49.1 Å². The third-order valence-electron chi connectivity index (χ3n) is 3.17. The van der Waals surface area contributed by atoms with E-state index in [2.05, 4.69) is 10.9 Å². The van der Waals surface area contributed by atoms with Crippen LogP contribution >= 0.6 is 0 Å². The first-order valence-electron chi connectivity index (χ1n) is 6.18. The van der Waals surface area contributed by atoms with Crippen LogP contribution in [0.3, 0.4) is 0 Å². The molecular formula is C14H22N2O3. The molecule has 5 heteroatoms. The third-order valence-corrected chi connectivity index (χ3v) is 3.17. The summed E-state index contributed by atoms with van der Waals surface area (Å²) < 4.78 is 10.8. The van der Waals surface area contributed by atoms with Crippen LogP contribution in [0.5, 0.6) is 5.75 Å². The zero-order valence-electron chi connectivity index (χ0n) is 12.2. The number of ether oxygens (including phenoxy) is 2. The Morgan fingerprint density at radius 2 is 1.95 bits per heavy atom. The van der Waals surface area contributed by atoms with E-state index in [1.54, 1.807) is 14.2 Å². The largest absolute Gasteiger partial charge is 0.496 e. The van der Waals surface area contributed by atoms with Gasteiger partial charge in [0.25, 0.3) is 5.91 Å². The van der Waals surface area contributed by atoms with Crippen molar-refractivity contribution in [2.45, 2.75) is 27.4 Å². The molecule has 0 bridgehead atoms. The molecule has 1 amide bonds. The Balaban J connectivity index is 2.74. The van der Waals surface area contributed by atoms with Crippen LogP contribution in [0.25, 0.3) is 0 Å². The van der Waals surface area contributed by atoms with Gasteiger partial charge in [-0.25, -0.2) is 5.43 Å². The van der Waals surface area contributed by atoms with Crippen molar-refractivity contribution in [3.05, 3.63) is 28.3 Å². The standard InChI is InChI=1S/C14H22N2O3/c1-9-6-13(18-5)11(3)10(2)12(9)7-19-8-14(17)16-15-4/h6,15H,7-8H2,1-5H3,(H,16,17). The number of methoxy groups -OCH3 is 1. The van der Waals surface area contributed by atoms with Gasteiger partial charge in [-0.1, -0.05) is 0 Å². The zero-order valence-corrected chi connectivity index (χ0v) is 12.2. The van der Waals surface area contributed by atoms with Gasteiger partial charge in [-0.3, -0.25) is 10.2 Å². The van der Waals surface area contributed by atoms with Crippen molar-refractivity contribution >= 4 is 5.91 Å². The SMILES string of the molecule is CNNC(=O)COCc1c(C)cc(OC)c(C)c1C. The average molecular weight is 266 g/mol. The molecule has 0 radical (unpaired) electrons.